The zero-order valence-electron chi connectivity index (χ0n) is 18.3. The van der Waals surface area contributed by atoms with Crippen molar-refractivity contribution in [2.24, 2.45) is 24.6 Å². The van der Waals surface area contributed by atoms with E-state index in [0.29, 0.717) is 42.3 Å². The van der Waals surface area contributed by atoms with E-state index in [0.717, 1.165) is 29.7 Å². The molecule has 1 aromatic carbocycles. The van der Waals surface area contributed by atoms with Gasteiger partial charge in [-0.25, -0.2) is 14.6 Å². The topological polar surface area (TPSA) is 114 Å². The molecule has 4 aromatic rings. The van der Waals surface area contributed by atoms with E-state index >= 15 is 0 Å². The minimum Gasteiger partial charge on any atom is -0.490 e. The molecule has 33 heavy (non-hydrogen) atoms. The zero-order chi connectivity index (χ0) is 22.8. The summed E-state index contributed by atoms with van der Waals surface area (Å²) in [5.41, 5.74) is 8.85. The maximum absolute atomic E-state index is 12.4. The van der Waals surface area contributed by atoms with Crippen LogP contribution in [0.4, 0.5) is 0 Å². The van der Waals surface area contributed by atoms with Crippen LogP contribution in [-0.4, -0.2) is 42.7 Å². The predicted octanol–water partition coefficient (Wildman–Crippen LogP) is 2.12. The minimum atomic E-state index is -0.168. The highest BCUT2D eigenvalue weighted by Gasteiger charge is 2.36. The minimum absolute atomic E-state index is 0.168. The third-order valence-electron chi connectivity index (χ3n) is 5.85. The van der Waals surface area contributed by atoms with Gasteiger partial charge in [-0.05, 0) is 42.5 Å². The second-order valence-electron chi connectivity index (χ2n) is 8.36. The van der Waals surface area contributed by atoms with E-state index in [9.17, 15) is 4.79 Å². The van der Waals surface area contributed by atoms with E-state index in [4.69, 9.17) is 10.5 Å². The molecular formula is C24H25N7O2. The molecule has 1 fully saturated rings. The fraction of sp³-hybridized carbons (Fsp3) is 0.292. The Hall–Kier alpha value is -3.85. The highest BCUT2D eigenvalue weighted by Crippen LogP contribution is 2.37. The first-order valence-electron chi connectivity index (χ1n) is 10.9. The Morgan fingerprint density at radius 1 is 1.09 bits per heavy atom. The van der Waals surface area contributed by atoms with Gasteiger partial charge in [0, 0.05) is 30.4 Å². The van der Waals surface area contributed by atoms with Crippen LogP contribution in [0.15, 0.2) is 66.0 Å². The van der Waals surface area contributed by atoms with Crippen molar-refractivity contribution in [3.63, 3.8) is 0 Å². The molecule has 0 bridgehead atoms. The second kappa shape index (κ2) is 8.95. The predicted molar refractivity (Wildman–Crippen MR) is 123 cm³/mol. The average Bonchev–Trinajstić information content (AvgIpc) is 3.48. The molecular weight excluding hydrogens is 418 g/mol. The molecule has 3 heterocycles. The quantitative estimate of drug-likeness (QED) is 0.444. The number of nitrogens with zero attached hydrogens (tertiary/aromatic N) is 6. The van der Waals surface area contributed by atoms with Gasteiger partial charge in [-0.15, -0.1) is 0 Å². The van der Waals surface area contributed by atoms with E-state index in [2.05, 4.69) is 20.2 Å². The Balaban J connectivity index is 1.30. The number of hydrogen-bond donors (Lipinski definition) is 1. The Morgan fingerprint density at radius 3 is 2.67 bits per heavy atom. The summed E-state index contributed by atoms with van der Waals surface area (Å²) >= 11 is 0. The summed E-state index contributed by atoms with van der Waals surface area (Å²) in [7, 11) is 1.84. The first-order valence-corrected chi connectivity index (χ1v) is 10.9. The third kappa shape index (κ3) is 4.83. The van der Waals surface area contributed by atoms with Gasteiger partial charge < -0.3 is 10.5 Å². The Kier molecular flexibility index (Phi) is 5.70. The third-order valence-corrected chi connectivity index (χ3v) is 5.85. The second-order valence-corrected chi connectivity index (χ2v) is 8.36. The maximum Gasteiger partial charge on any atom is 0.267 e. The zero-order valence-corrected chi connectivity index (χ0v) is 18.3. The van der Waals surface area contributed by atoms with Crippen LogP contribution >= 0.6 is 0 Å². The highest BCUT2D eigenvalue weighted by atomic mass is 16.5. The Labute approximate surface area is 190 Å². The molecule has 9 heteroatoms. The molecule has 1 saturated carbocycles. The standard InChI is InChI=1S/C24H25N7O2/c1-30-14-20(10-28-30)22-5-6-23(32)31(29-22)13-16-3-2-4-17(7-16)24-26-11-21(12-27-24)33-15-19-8-18(19)9-25/h2-7,10-12,14,18-19H,8-9,13,15,25H2,1H3/t18-,19-/m1/s1. The smallest absolute Gasteiger partial charge is 0.267 e. The fourth-order valence-corrected chi connectivity index (χ4v) is 3.80. The number of ether oxygens (including phenoxy) is 1. The van der Waals surface area contributed by atoms with Crippen molar-refractivity contribution in [2.45, 2.75) is 13.0 Å². The summed E-state index contributed by atoms with van der Waals surface area (Å²) in [5.74, 6) is 2.38. The summed E-state index contributed by atoms with van der Waals surface area (Å²) in [6.07, 6.45) is 8.11. The number of rotatable bonds is 8. The van der Waals surface area contributed by atoms with Crippen molar-refractivity contribution in [3.8, 4) is 28.4 Å². The molecule has 0 spiro atoms. The van der Waals surface area contributed by atoms with Crippen molar-refractivity contribution < 1.29 is 4.74 Å². The summed E-state index contributed by atoms with van der Waals surface area (Å²) in [5, 5.41) is 8.68. The number of aromatic nitrogens is 6. The van der Waals surface area contributed by atoms with Crippen LogP contribution < -0.4 is 16.0 Å². The molecule has 0 saturated heterocycles. The van der Waals surface area contributed by atoms with Gasteiger partial charge in [0.15, 0.2) is 11.6 Å². The van der Waals surface area contributed by atoms with Crippen molar-refractivity contribution in [3.05, 3.63) is 77.1 Å². The van der Waals surface area contributed by atoms with Crippen molar-refractivity contribution in [2.75, 3.05) is 13.2 Å². The van der Waals surface area contributed by atoms with Gasteiger partial charge in [0.1, 0.15) is 0 Å². The molecule has 0 unspecified atom stereocenters. The molecule has 3 aromatic heterocycles. The van der Waals surface area contributed by atoms with Crippen LogP contribution in [0.1, 0.15) is 12.0 Å². The van der Waals surface area contributed by atoms with E-state index < -0.39 is 0 Å². The molecule has 9 nitrogen and oxygen atoms in total. The van der Waals surface area contributed by atoms with E-state index in [1.54, 1.807) is 29.3 Å². The normalized spacial score (nSPS) is 17.2. The first-order chi connectivity index (χ1) is 16.1. The van der Waals surface area contributed by atoms with Crippen molar-refractivity contribution in [1.82, 2.24) is 29.5 Å². The van der Waals surface area contributed by atoms with E-state index in [1.807, 2.05) is 37.5 Å². The lowest BCUT2D eigenvalue weighted by Crippen LogP contribution is -2.22. The Bertz CT molecular complexity index is 1310. The molecule has 2 atom stereocenters. The number of benzene rings is 1. The summed E-state index contributed by atoms with van der Waals surface area (Å²) in [6.45, 7) is 1.71. The summed E-state index contributed by atoms with van der Waals surface area (Å²) in [6, 6.07) is 11.0. The fourth-order valence-electron chi connectivity index (χ4n) is 3.80. The summed E-state index contributed by atoms with van der Waals surface area (Å²) < 4.78 is 8.94. The molecule has 0 amide bonds. The lowest BCUT2D eigenvalue weighted by atomic mass is 10.1. The van der Waals surface area contributed by atoms with Crippen molar-refractivity contribution >= 4 is 0 Å². The van der Waals surface area contributed by atoms with Gasteiger partial charge in [-0.2, -0.15) is 10.2 Å². The van der Waals surface area contributed by atoms with Gasteiger partial charge in [0.25, 0.3) is 5.56 Å². The van der Waals surface area contributed by atoms with Gasteiger partial charge >= 0.3 is 0 Å². The molecule has 1 aliphatic rings. The SMILES string of the molecule is Cn1cc(-c2ccc(=O)n(Cc3cccc(-c4ncc(OC[C@H]5C[C@@H]5CN)cn4)c3)n2)cn1. The van der Waals surface area contributed by atoms with Crippen LogP contribution in [0, 0.1) is 11.8 Å². The number of hydrogen-bond acceptors (Lipinski definition) is 7. The van der Waals surface area contributed by atoms with Crippen LogP contribution in [0.25, 0.3) is 22.6 Å². The Morgan fingerprint density at radius 2 is 1.94 bits per heavy atom. The van der Waals surface area contributed by atoms with Crippen LogP contribution in [0.3, 0.4) is 0 Å². The van der Waals surface area contributed by atoms with Gasteiger partial charge in [-0.3, -0.25) is 9.48 Å². The molecule has 0 radical (unpaired) electrons. The lowest BCUT2D eigenvalue weighted by molar-refractivity contribution is 0.290. The molecule has 1 aliphatic carbocycles. The van der Waals surface area contributed by atoms with Gasteiger partial charge in [0.05, 0.1) is 37.4 Å². The van der Waals surface area contributed by atoms with Gasteiger partial charge in [-0.1, -0.05) is 18.2 Å². The molecule has 0 aliphatic heterocycles. The molecule has 2 N–H and O–H groups in total. The monoisotopic (exact) mass is 443 g/mol. The van der Waals surface area contributed by atoms with E-state index in [1.165, 1.54) is 10.7 Å². The van der Waals surface area contributed by atoms with Crippen molar-refractivity contribution in [1.29, 1.82) is 0 Å². The maximum atomic E-state index is 12.4. The number of nitrogens with two attached hydrogens (primary N) is 1. The summed E-state index contributed by atoms with van der Waals surface area (Å²) in [4.78, 5) is 21.3. The average molecular weight is 444 g/mol. The van der Waals surface area contributed by atoms with E-state index in [-0.39, 0.29) is 5.56 Å². The largest absolute Gasteiger partial charge is 0.490 e. The molecule has 168 valence electrons. The molecule has 5 rings (SSSR count). The van der Waals surface area contributed by atoms with Crippen LogP contribution in [0.5, 0.6) is 5.75 Å². The first kappa shape index (κ1) is 21.0. The number of aryl methyl sites for hydroxylation is 1. The van der Waals surface area contributed by atoms with Crippen LogP contribution in [0.2, 0.25) is 0 Å². The van der Waals surface area contributed by atoms with Gasteiger partial charge in [0.2, 0.25) is 0 Å². The van der Waals surface area contributed by atoms with Crippen LogP contribution in [-0.2, 0) is 13.6 Å². The highest BCUT2D eigenvalue weighted by molar-refractivity contribution is 5.57. The lowest BCUT2D eigenvalue weighted by Gasteiger charge is -2.09.